The highest BCUT2D eigenvalue weighted by Gasteiger charge is 2.03. The number of hydrogen-bond donors (Lipinski definition) is 1. The van der Waals surface area contributed by atoms with Gasteiger partial charge in [0.05, 0.1) is 6.61 Å². The van der Waals surface area contributed by atoms with E-state index in [-0.39, 0.29) is 0 Å². The fraction of sp³-hybridized carbons (Fsp3) is 0.250. The number of carbonyl (C=O) groups excluding carboxylic acids is 1. The third-order valence-electron chi connectivity index (χ3n) is 2.07. The lowest BCUT2D eigenvalue weighted by Gasteiger charge is -2.03. The molecule has 0 heterocycles. The van der Waals surface area contributed by atoms with Gasteiger partial charge in [-0.1, -0.05) is 0 Å². The molecule has 0 radical (unpaired) electrons. The molecular weight excluding hydrogens is 209 g/mol. The topological polar surface area (TPSA) is 52.3 Å². The molecular formula is C12H14FNO2. The highest BCUT2D eigenvalue weighted by Crippen LogP contribution is 2.18. The first-order valence-corrected chi connectivity index (χ1v) is 4.95. The Kier molecular flexibility index (Phi) is 4.05. The third kappa shape index (κ3) is 3.08. The van der Waals surface area contributed by atoms with Crippen molar-refractivity contribution in [2.75, 3.05) is 12.3 Å². The molecule has 0 amide bonds. The number of nitrogen functional groups attached to an aromatic ring is 1. The maximum Gasteiger partial charge on any atom is 0.330 e. The number of nitrogens with two attached hydrogens (primary N) is 1. The summed E-state index contributed by atoms with van der Waals surface area (Å²) in [6.07, 6.45) is 2.57. The monoisotopic (exact) mass is 223 g/mol. The summed E-state index contributed by atoms with van der Waals surface area (Å²) in [5.74, 6) is -0.944. The smallest absolute Gasteiger partial charge is 0.330 e. The molecule has 0 saturated carbocycles. The number of esters is 1. The van der Waals surface area contributed by atoms with Crippen LogP contribution in [0.4, 0.5) is 10.1 Å². The molecule has 1 aromatic rings. The van der Waals surface area contributed by atoms with Crippen molar-refractivity contribution in [3.8, 4) is 0 Å². The highest BCUT2D eigenvalue weighted by atomic mass is 19.1. The van der Waals surface area contributed by atoms with Crippen LogP contribution >= 0.6 is 0 Å². The van der Waals surface area contributed by atoms with Gasteiger partial charge in [0.1, 0.15) is 5.82 Å². The summed E-state index contributed by atoms with van der Waals surface area (Å²) < 4.78 is 18.1. The summed E-state index contributed by atoms with van der Waals surface area (Å²) in [7, 11) is 0. The Labute approximate surface area is 93.7 Å². The van der Waals surface area contributed by atoms with E-state index in [9.17, 15) is 9.18 Å². The molecule has 0 aromatic heterocycles. The predicted octanol–water partition coefficient (Wildman–Crippen LogP) is 2.29. The van der Waals surface area contributed by atoms with Crippen LogP contribution in [0.15, 0.2) is 18.2 Å². The van der Waals surface area contributed by atoms with Crippen molar-refractivity contribution in [2.24, 2.45) is 0 Å². The fourth-order valence-electron chi connectivity index (χ4n) is 1.20. The zero-order valence-electron chi connectivity index (χ0n) is 9.29. The van der Waals surface area contributed by atoms with Crippen LogP contribution in [0.3, 0.4) is 0 Å². The number of anilines is 1. The standard InChI is InChI=1S/C12H14FNO2/c1-3-16-12(15)5-4-9-6-8(2)11(14)7-10(9)13/h4-7H,3,14H2,1-2H3. The fourth-order valence-corrected chi connectivity index (χ4v) is 1.20. The van der Waals surface area contributed by atoms with Crippen molar-refractivity contribution in [3.05, 3.63) is 35.2 Å². The Balaban J connectivity index is 2.89. The van der Waals surface area contributed by atoms with Crippen molar-refractivity contribution in [3.63, 3.8) is 0 Å². The quantitative estimate of drug-likeness (QED) is 0.486. The second kappa shape index (κ2) is 5.30. The van der Waals surface area contributed by atoms with Crippen LogP contribution in [-0.2, 0) is 9.53 Å². The molecule has 0 aliphatic rings. The Morgan fingerprint density at radius 2 is 2.25 bits per heavy atom. The summed E-state index contributed by atoms with van der Waals surface area (Å²) in [6, 6.07) is 2.82. The first-order chi connectivity index (χ1) is 7.54. The second-order valence-electron chi connectivity index (χ2n) is 3.32. The number of benzene rings is 1. The van der Waals surface area contributed by atoms with Crippen molar-refractivity contribution in [2.45, 2.75) is 13.8 Å². The van der Waals surface area contributed by atoms with Crippen LogP contribution in [0.2, 0.25) is 0 Å². The Hall–Kier alpha value is -1.84. The van der Waals surface area contributed by atoms with E-state index in [1.54, 1.807) is 19.9 Å². The number of halogens is 1. The van der Waals surface area contributed by atoms with Crippen LogP contribution in [-0.4, -0.2) is 12.6 Å². The molecule has 4 heteroatoms. The number of aryl methyl sites for hydroxylation is 1. The Morgan fingerprint density at radius 1 is 1.56 bits per heavy atom. The van der Waals surface area contributed by atoms with Gasteiger partial charge in [-0.25, -0.2) is 9.18 Å². The Morgan fingerprint density at radius 3 is 2.88 bits per heavy atom. The van der Waals surface area contributed by atoms with Gasteiger partial charge in [-0.2, -0.15) is 0 Å². The number of ether oxygens (including phenoxy) is 1. The van der Waals surface area contributed by atoms with Crippen LogP contribution in [0.1, 0.15) is 18.1 Å². The van der Waals surface area contributed by atoms with Crippen molar-refractivity contribution >= 4 is 17.7 Å². The van der Waals surface area contributed by atoms with Crippen molar-refractivity contribution in [1.29, 1.82) is 0 Å². The van der Waals surface area contributed by atoms with E-state index in [0.29, 0.717) is 17.9 Å². The minimum atomic E-state index is -0.489. The summed E-state index contributed by atoms with van der Waals surface area (Å²) in [5, 5.41) is 0. The lowest BCUT2D eigenvalue weighted by Crippen LogP contribution is -1.99. The van der Waals surface area contributed by atoms with Gasteiger partial charge in [0.2, 0.25) is 0 Å². The summed E-state index contributed by atoms with van der Waals surface area (Å²) in [6.45, 7) is 3.78. The first kappa shape index (κ1) is 12.2. The van der Waals surface area contributed by atoms with E-state index in [4.69, 9.17) is 5.73 Å². The van der Waals surface area contributed by atoms with Gasteiger partial charge < -0.3 is 10.5 Å². The van der Waals surface area contributed by atoms with Gasteiger partial charge >= 0.3 is 5.97 Å². The molecule has 0 unspecified atom stereocenters. The number of hydrogen-bond acceptors (Lipinski definition) is 3. The molecule has 0 aliphatic carbocycles. The molecule has 1 rings (SSSR count). The minimum Gasteiger partial charge on any atom is -0.463 e. The van der Waals surface area contributed by atoms with Gasteiger partial charge in [0.25, 0.3) is 0 Å². The van der Waals surface area contributed by atoms with Crippen LogP contribution in [0.25, 0.3) is 6.08 Å². The van der Waals surface area contributed by atoms with Crippen LogP contribution in [0.5, 0.6) is 0 Å². The molecule has 0 bridgehead atoms. The molecule has 2 N–H and O–H groups in total. The van der Waals surface area contributed by atoms with E-state index < -0.39 is 11.8 Å². The van der Waals surface area contributed by atoms with Gasteiger partial charge in [0.15, 0.2) is 0 Å². The predicted molar refractivity (Wildman–Crippen MR) is 61.2 cm³/mol. The Bertz CT molecular complexity index is 427. The largest absolute Gasteiger partial charge is 0.463 e. The first-order valence-electron chi connectivity index (χ1n) is 4.95. The van der Waals surface area contributed by atoms with Gasteiger partial charge in [-0.3, -0.25) is 0 Å². The normalized spacial score (nSPS) is 10.7. The molecule has 3 nitrogen and oxygen atoms in total. The SMILES string of the molecule is CCOC(=O)C=Cc1cc(C)c(N)cc1F. The third-order valence-corrected chi connectivity index (χ3v) is 2.07. The molecule has 0 fully saturated rings. The number of rotatable bonds is 3. The average molecular weight is 223 g/mol. The molecule has 0 spiro atoms. The maximum atomic E-state index is 13.4. The summed E-state index contributed by atoms with van der Waals surface area (Å²) >= 11 is 0. The molecule has 0 saturated heterocycles. The van der Waals surface area contributed by atoms with E-state index in [1.165, 1.54) is 18.2 Å². The second-order valence-corrected chi connectivity index (χ2v) is 3.32. The number of carbonyl (C=O) groups is 1. The summed E-state index contributed by atoms with van der Waals surface area (Å²) in [4.78, 5) is 11.0. The van der Waals surface area contributed by atoms with Gasteiger partial charge in [0, 0.05) is 17.3 Å². The van der Waals surface area contributed by atoms with Gasteiger partial charge in [-0.15, -0.1) is 0 Å². The molecule has 0 aliphatic heterocycles. The maximum absolute atomic E-state index is 13.4. The van der Waals surface area contributed by atoms with Crippen LogP contribution in [0, 0.1) is 12.7 Å². The van der Waals surface area contributed by atoms with E-state index in [0.717, 1.165) is 5.56 Å². The lowest BCUT2D eigenvalue weighted by atomic mass is 10.1. The summed E-state index contributed by atoms with van der Waals surface area (Å²) in [5.41, 5.74) is 7.02. The lowest BCUT2D eigenvalue weighted by molar-refractivity contribution is -0.137. The van der Waals surface area contributed by atoms with Crippen LogP contribution < -0.4 is 5.73 Å². The van der Waals surface area contributed by atoms with Gasteiger partial charge in [-0.05, 0) is 37.6 Å². The molecule has 1 aromatic carbocycles. The van der Waals surface area contributed by atoms with Crippen molar-refractivity contribution in [1.82, 2.24) is 0 Å². The molecule has 0 atom stereocenters. The minimum absolute atomic E-state index is 0.298. The van der Waals surface area contributed by atoms with E-state index >= 15 is 0 Å². The molecule has 16 heavy (non-hydrogen) atoms. The van der Waals surface area contributed by atoms with E-state index in [2.05, 4.69) is 4.74 Å². The zero-order chi connectivity index (χ0) is 12.1. The highest BCUT2D eigenvalue weighted by molar-refractivity contribution is 5.87. The van der Waals surface area contributed by atoms with E-state index in [1.807, 2.05) is 0 Å². The average Bonchev–Trinajstić information content (AvgIpc) is 2.22. The zero-order valence-corrected chi connectivity index (χ0v) is 9.29. The molecule has 86 valence electrons. The van der Waals surface area contributed by atoms with Crippen molar-refractivity contribution < 1.29 is 13.9 Å².